The Morgan fingerprint density at radius 2 is 2.19 bits per heavy atom. The van der Waals surface area contributed by atoms with Gasteiger partial charge < -0.3 is 4.74 Å². The van der Waals surface area contributed by atoms with E-state index in [2.05, 4.69) is 9.97 Å². The number of hydrogen-bond donors (Lipinski definition) is 0. The van der Waals surface area contributed by atoms with Crippen LogP contribution in [0.15, 0.2) is 18.5 Å². The molecule has 0 amide bonds. The molecule has 0 aliphatic rings. The Hall–Kier alpha value is -1.36. The zero-order valence-corrected chi connectivity index (χ0v) is 10.2. The molecule has 0 aromatic carbocycles. The van der Waals surface area contributed by atoms with E-state index in [9.17, 15) is 4.79 Å². The lowest BCUT2D eigenvalue weighted by atomic mass is 10.3. The van der Waals surface area contributed by atoms with Crippen LogP contribution in [-0.4, -0.2) is 27.9 Å². The van der Waals surface area contributed by atoms with Crippen LogP contribution >= 0.6 is 11.8 Å². The maximum Gasteiger partial charge on any atom is 0.316 e. The molecule has 0 bridgehead atoms. The van der Waals surface area contributed by atoms with Crippen molar-refractivity contribution in [2.24, 2.45) is 0 Å². The van der Waals surface area contributed by atoms with Crippen LogP contribution in [0.4, 0.5) is 0 Å². The summed E-state index contributed by atoms with van der Waals surface area (Å²) in [5.41, 5.74) is 0.925. The molecular formula is C11H14N2O2S. The van der Waals surface area contributed by atoms with Gasteiger partial charge >= 0.3 is 6.01 Å². The van der Waals surface area contributed by atoms with Crippen LogP contribution in [0.2, 0.25) is 0 Å². The van der Waals surface area contributed by atoms with Crippen molar-refractivity contribution in [2.45, 2.75) is 13.3 Å². The first-order chi connectivity index (χ1) is 7.72. The van der Waals surface area contributed by atoms with Gasteiger partial charge in [0.1, 0.15) is 0 Å². The van der Waals surface area contributed by atoms with Gasteiger partial charge in [0.05, 0.1) is 7.11 Å². The van der Waals surface area contributed by atoms with Crippen molar-refractivity contribution in [1.82, 2.24) is 9.97 Å². The monoisotopic (exact) mass is 238 g/mol. The molecule has 1 aromatic rings. The quantitative estimate of drug-likeness (QED) is 0.736. The summed E-state index contributed by atoms with van der Waals surface area (Å²) in [7, 11) is 1.53. The van der Waals surface area contributed by atoms with Gasteiger partial charge in [-0.25, -0.2) is 9.97 Å². The number of allylic oxidation sites excluding steroid dienone is 1. The molecule has 0 radical (unpaired) electrons. The van der Waals surface area contributed by atoms with E-state index in [1.54, 1.807) is 19.3 Å². The van der Waals surface area contributed by atoms with Gasteiger partial charge in [-0.15, -0.1) is 0 Å². The third kappa shape index (κ3) is 4.93. The Kier molecular flexibility index (Phi) is 5.56. The smallest absolute Gasteiger partial charge is 0.316 e. The van der Waals surface area contributed by atoms with E-state index in [-0.39, 0.29) is 5.12 Å². The number of methoxy groups -OCH3 is 1. The van der Waals surface area contributed by atoms with Crippen molar-refractivity contribution < 1.29 is 9.53 Å². The van der Waals surface area contributed by atoms with Gasteiger partial charge in [-0.05, 0) is 6.42 Å². The fourth-order valence-electron chi connectivity index (χ4n) is 1.01. The summed E-state index contributed by atoms with van der Waals surface area (Å²) in [5.74, 6) is 0.808. The number of carbonyl (C=O) groups is 1. The summed E-state index contributed by atoms with van der Waals surface area (Å²) in [6.07, 6.45) is 8.18. The molecule has 86 valence electrons. The molecule has 16 heavy (non-hydrogen) atoms. The van der Waals surface area contributed by atoms with Crippen LogP contribution in [0.3, 0.4) is 0 Å². The summed E-state index contributed by atoms with van der Waals surface area (Å²) in [5, 5.41) is 0.154. The Morgan fingerprint density at radius 1 is 1.50 bits per heavy atom. The molecule has 0 saturated carbocycles. The predicted molar refractivity (Wildman–Crippen MR) is 65.4 cm³/mol. The van der Waals surface area contributed by atoms with Crippen LogP contribution in [0, 0.1) is 0 Å². The first-order valence-corrected chi connectivity index (χ1v) is 5.87. The van der Waals surface area contributed by atoms with E-state index in [0.717, 1.165) is 17.7 Å². The fourth-order valence-corrected chi connectivity index (χ4v) is 1.55. The maximum absolute atomic E-state index is 10.7. The van der Waals surface area contributed by atoms with Gasteiger partial charge in [-0.1, -0.05) is 23.9 Å². The molecule has 1 rings (SSSR count). The minimum Gasteiger partial charge on any atom is -0.467 e. The second-order valence-corrected chi connectivity index (χ2v) is 4.31. The number of hydrogen-bond acceptors (Lipinski definition) is 5. The van der Waals surface area contributed by atoms with Crippen molar-refractivity contribution in [3.63, 3.8) is 0 Å². The number of ether oxygens (including phenoxy) is 1. The van der Waals surface area contributed by atoms with Gasteiger partial charge in [0.2, 0.25) is 0 Å². The summed E-state index contributed by atoms with van der Waals surface area (Å²) < 4.78 is 4.85. The van der Waals surface area contributed by atoms with E-state index >= 15 is 0 Å². The third-order valence-electron chi connectivity index (χ3n) is 1.73. The Morgan fingerprint density at radius 3 is 2.75 bits per heavy atom. The van der Waals surface area contributed by atoms with E-state index in [4.69, 9.17) is 4.74 Å². The topological polar surface area (TPSA) is 52.1 Å². The van der Waals surface area contributed by atoms with E-state index in [1.165, 1.54) is 18.9 Å². The van der Waals surface area contributed by atoms with E-state index < -0.39 is 0 Å². The summed E-state index contributed by atoms with van der Waals surface area (Å²) in [6, 6.07) is 0.365. The molecule has 1 heterocycles. The second-order valence-electron chi connectivity index (χ2n) is 3.03. The molecule has 0 unspecified atom stereocenters. The third-order valence-corrected chi connectivity index (χ3v) is 2.58. The first-order valence-electron chi connectivity index (χ1n) is 4.88. The zero-order chi connectivity index (χ0) is 11.8. The molecule has 4 nitrogen and oxygen atoms in total. The van der Waals surface area contributed by atoms with Gasteiger partial charge in [-0.3, -0.25) is 4.79 Å². The Bertz CT molecular complexity index is 363. The highest BCUT2D eigenvalue weighted by atomic mass is 32.2. The van der Waals surface area contributed by atoms with Crippen molar-refractivity contribution in [2.75, 3.05) is 12.9 Å². The Labute approximate surface area is 99.1 Å². The minimum atomic E-state index is 0.154. The van der Waals surface area contributed by atoms with Crippen LogP contribution in [-0.2, 0) is 4.79 Å². The van der Waals surface area contributed by atoms with Crippen LogP contribution in [0.25, 0.3) is 6.08 Å². The van der Waals surface area contributed by atoms with Crippen molar-refractivity contribution in [3.05, 3.63) is 24.0 Å². The summed E-state index contributed by atoms with van der Waals surface area (Å²) in [6.45, 7) is 1.58. The molecule has 1 aromatic heterocycles. The summed E-state index contributed by atoms with van der Waals surface area (Å²) in [4.78, 5) is 18.6. The van der Waals surface area contributed by atoms with Crippen LogP contribution < -0.4 is 4.74 Å². The predicted octanol–water partition coefficient (Wildman–Crippen LogP) is 2.17. The fraction of sp³-hybridized carbons (Fsp3) is 0.364. The molecule has 0 saturated heterocycles. The lowest BCUT2D eigenvalue weighted by Gasteiger charge is -1.96. The Balaban J connectivity index is 2.35. The standard InChI is InChI=1S/C11H14N2O2S/c1-9(14)16-6-4-3-5-10-7-12-11(15-2)13-8-10/h3,5,7-8H,4,6H2,1-2H3. The molecule has 0 atom stereocenters. The lowest BCUT2D eigenvalue weighted by molar-refractivity contribution is -0.109. The van der Waals surface area contributed by atoms with Gasteiger partial charge in [0, 0.05) is 30.6 Å². The molecule has 5 heteroatoms. The highest BCUT2D eigenvalue weighted by Crippen LogP contribution is 2.07. The molecule has 0 aliphatic carbocycles. The van der Waals surface area contributed by atoms with Crippen molar-refractivity contribution in [3.8, 4) is 6.01 Å². The largest absolute Gasteiger partial charge is 0.467 e. The number of rotatable bonds is 5. The summed E-state index contributed by atoms with van der Waals surface area (Å²) >= 11 is 1.33. The van der Waals surface area contributed by atoms with Gasteiger partial charge in [0.15, 0.2) is 5.12 Å². The molecular weight excluding hydrogens is 224 g/mol. The van der Waals surface area contributed by atoms with Crippen LogP contribution in [0.5, 0.6) is 6.01 Å². The normalized spacial score (nSPS) is 10.6. The molecule has 0 aliphatic heterocycles. The van der Waals surface area contributed by atoms with Crippen LogP contribution in [0.1, 0.15) is 18.9 Å². The minimum absolute atomic E-state index is 0.154. The maximum atomic E-state index is 10.7. The molecule has 0 N–H and O–H groups in total. The lowest BCUT2D eigenvalue weighted by Crippen LogP contribution is -1.90. The molecule has 0 spiro atoms. The number of nitrogens with zero attached hydrogens (tertiary/aromatic N) is 2. The van der Waals surface area contributed by atoms with Gasteiger partial charge in [0.25, 0.3) is 0 Å². The number of aromatic nitrogens is 2. The van der Waals surface area contributed by atoms with Crippen molar-refractivity contribution in [1.29, 1.82) is 0 Å². The number of carbonyl (C=O) groups excluding carboxylic acids is 1. The average molecular weight is 238 g/mol. The van der Waals surface area contributed by atoms with Crippen molar-refractivity contribution >= 4 is 23.0 Å². The van der Waals surface area contributed by atoms with Gasteiger partial charge in [-0.2, -0.15) is 0 Å². The van der Waals surface area contributed by atoms with E-state index in [0.29, 0.717) is 6.01 Å². The van der Waals surface area contributed by atoms with E-state index in [1.807, 2.05) is 12.2 Å². The highest BCUT2D eigenvalue weighted by molar-refractivity contribution is 8.13. The molecule has 0 fully saturated rings. The first kappa shape index (κ1) is 12.7. The zero-order valence-electron chi connectivity index (χ0n) is 9.34. The second kappa shape index (κ2) is 7.00. The number of thioether (sulfide) groups is 1. The average Bonchev–Trinajstić information content (AvgIpc) is 2.29. The highest BCUT2D eigenvalue weighted by Gasteiger charge is 1.93. The SMILES string of the molecule is COc1ncc(C=CCCSC(C)=O)cn1.